The van der Waals surface area contributed by atoms with Crippen molar-refractivity contribution in [2.24, 2.45) is 0 Å². The highest BCUT2D eigenvalue weighted by molar-refractivity contribution is 9.09. The number of fused-ring (bicyclic) bond motifs is 1. The lowest BCUT2D eigenvalue weighted by molar-refractivity contribution is -0.732. The molecule has 0 saturated carbocycles. The molecule has 1 aliphatic heterocycles. The van der Waals surface area contributed by atoms with Gasteiger partial charge in [0.25, 0.3) is 5.03 Å². The van der Waals surface area contributed by atoms with E-state index in [2.05, 4.69) is 44.8 Å². The maximum absolute atomic E-state index is 9.23. The number of hydrogen-bond acceptors (Lipinski definition) is 2. The van der Waals surface area contributed by atoms with E-state index in [1.807, 2.05) is 24.3 Å². The van der Waals surface area contributed by atoms with Gasteiger partial charge in [0.15, 0.2) is 6.04 Å². The third kappa shape index (κ3) is 2.18. The molecular formula is C15H12BrN2S+. The molecule has 1 aromatic heterocycles. The van der Waals surface area contributed by atoms with Crippen LogP contribution in [0, 0.1) is 11.3 Å². The van der Waals surface area contributed by atoms with E-state index in [1.165, 1.54) is 11.3 Å². The first-order valence-electron chi connectivity index (χ1n) is 6.08. The highest BCUT2D eigenvalue weighted by Gasteiger charge is 2.36. The summed E-state index contributed by atoms with van der Waals surface area (Å²) in [6.45, 7) is 0. The summed E-state index contributed by atoms with van der Waals surface area (Å²) < 4.78 is 2.30. The molecule has 0 saturated heterocycles. The van der Waals surface area contributed by atoms with Gasteiger partial charge in [-0.15, -0.1) is 0 Å². The molecule has 1 aliphatic rings. The van der Waals surface area contributed by atoms with E-state index in [0.29, 0.717) is 6.04 Å². The van der Waals surface area contributed by atoms with Crippen molar-refractivity contribution >= 4 is 27.7 Å². The molecule has 0 unspecified atom stereocenters. The molecule has 4 heteroatoms. The Morgan fingerprint density at radius 3 is 2.74 bits per heavy atom. The van der Waals surface area contributed by atoms with Crippen molar-refractivity contribution < 1.29 is 4.57 Å². The summed E-state index contributed by atoms with van der Waals surface area (Å²) in [7, 11) is 0. The Hall–Kier alpha value is -1.31. The van der Waals surface area contributed by atoms with Gasteiger partial charge in [0.1, 0.15) is 11.6 Å². The van der Waals surface area contributed by atoms with E-state index in [-0.39, 0.29) is 0 Å². The third-order valence-electron chi connectivity index (χ3n) is 3.26. The van der Waals surface area contributed by atoms with Crippen LogP contribution in [0.4, 0.5) is 0 Å². The summed E-state index contributed by atoms with van der Waals surface area (Å²) in [5, 5.41) is 11.2. The maximum Gasteiger partial charge on any atom is 0.259 e. The molecule has 0 aliphatic carbocycles. The Balaban J connectivity index is 2.23. The second kappa shape index (κ2) is 5.36. The van der Waals surface area contributed by atoms with Crippen molar-refractivity contribution in [2.45, 2.75) is 11.1 Å². The zero-order valence-corrected chi connectivity index (χ0v) is 12.6. The Morgan fingerprint density at radius 2 is 2.05 bits per heavy atom. The summed E-state index contributed by atoms with van der Waals surface area (Å²) in [5.74, 6) is 1.02. The zero-order valence-electron chi connectivity index (χ0n) is 10.2. The topological polar surface area (TPSA) is 27.7 Å². The monoisotopic (exact) mass is 331 g/mol. The first-order valence-corrected chi connectivity index (χ1v) is 8.18. The van der Waals surface area contributed by atoms with Gasteiger partial charge in [-0.2, -0.15) is 9.83 Å². The van der Waals surface area contributed by atoms with Crippen LogP contribution >= 0.6 is 27.7 Å². The van der Waals surface area contributed by atoms with Crippen LogP contribution in [0.3, 0.4) is 0 Å². The van der Waals surface area contributed by atoms with Gasteiger partial charge in [-0.1, -0.05) is 34.1 Å². The van der Waals surface area contributed by atoms with Gasteiger partial charge in [-0.25, -0.2) is 0 Å². The van der Waals surface area contributed by atoms with Crippen molar-refractivity contribution in [2.75, 3.05) is 11.1 Å². The number of benzene rings is 1. The average molecular weight is 332 g/mol. The summed E-state index contributed by atoms with van der Waals surface area (Å²) in [5.41, 5.74) is 3.15. The molecule has 2 heterocycles. The van der Waals surface area contributed by atoms with E-state index in [9.17, 15) is 5.26 Å². The van der Waals surface area contributed by atoms with E-state index in [0.717, 1.165) is 21.7 Å². The van der Waals surface area contributed by atoms with Gasteiger partial charge in [-0.05, 0) is 30.0 Å². The number of alkyl halides is 1. The molecule has 0 spiro atoms. The van der Waals surface area contributed by atoms with E-state index in [4.69, 9.17) is 0 Å². The normalized spacial score (nSPS) is 16.9. The summed E-state index contributed by atoms with van der Waals surface area (Å²) >= 11 is 5.35. The molecular weight excluding hydrogens is 320 g/mol. The Morgan fingerprint density at radius 1 is 1.26 bits per heavy atom. The van der Waals surface area contributed by atoms with Gasteiger partial charge >= 0.3 is 0 Å². The van der Waals surface area contributed by atoms with E-state index >= 15 is 0 Å². The largest absolute Gasteiger partial charge is 0.259 e. The van der Waals surface area contributed by atoms with Crippen molar-refractivity contribution in [3.63, 3.8) is 0 Å². The molecule has 19 heavy (non-hydrogen) atoms. The molecule has 0 fully saturated rings. The fourth-order valence-corrected chi connectivity index (χ4v) is 4.45. The summed E-state index contributed by atoms with van der Waals surface area (Å²) in [6, 6.07) is 17.0. The van der Waals surface area contributed by atoms with E-state index in [1.54, 1.807) is 11.8 Å². The van der Waals surface area contributed by atoms with Crippen molar-refractivity contribution in [1.82, 2.24) is 0 Å². The highest BCUT2D eigenvalue weighted by atomic mass is 79.9. The van der Waals surface area contributed by atoms with Crippen LogP contribution < -0.4 is 4.57 Å². The van der Waals surface area contributed by atoms with Crippen molar-refractivity contribution in [3.8, 4) is 17.3 Å². The quantitative estimate of drug-likeness (QED) is 0.621. The molecule has 0 radical (unpaired) electrons. The average Bonchev–Trinajstić information content (AvgIpc) is 2.91. The summed E-state index contributed by atoms with van der Waals surface area (Å²) in [6.07, 6.45) is 0. The van der Waals surface area contributed by atoms with Crippen molar-refractivity contribution in [1.29, 1.82) is 5.26 Å². The van der Waals surface area contributed by atoms with Gasteiger partial charge in [0, 0.05) is 11.6 Å². The molecule has 0 N–H and O–H groups in total. The molecule has 0 bridgehead atoms. The number of nitriles is 1. The van der Waals surface area contributed by atoms with Crippen LogP contribution in [0.25, 0.3) is 11.3 Å². The van der Waals surface area contributed by atoms with Gasteiger partial charge in [0.05, 0.1) is 11.1 Å². The fraction of sp³-hybridized carbons (Fsp3) is 0.200. The number of thioether (sulfide) groups is 1. The predicted molar refractivity (Wildman–Crippen MR) is 80.3 cm³/mol. The number of aromatic nitrogens is 1. The Labute approximate surface area is 125 Å². The number of halogens is 1. The molecule has 94 valence electrons. The smallest absolute Gasteiger partial charge is 0.192 e. The molecule has 1 atom stereocenters. The highest BCUT2D eigenvalue weighted by Crippen LogP contribution is 2.33. The Kier molecular flexibility index (Phi) is 3.58. The lowest BCUT2D eigenvalue weighted by Crippen LogP contribution is -2.42. The minimum Gasteiger partial charge on any atom is -0.192 e. The van der Waals surface area contributed by atoms with Crippen LogP contribution in [0.5, 0.6) is 0 Å². The minimum atomic E-state index is 0.406. The van der Waals surface area contributed by atoms with Gasteiger partial charge in [-0.3, -0.25) is 0 Å². The van der Waals surface area contributed by atoms with Gasteiger partial charge < -0.3 is 0 Å². The Bertz CT molecular complexity index is 649. The zero-order chi connectivity index (χ0) is 13.2. The molecule has 0 amide bonds. The predicted octanol–water partition coefficient (Wildman–Crippen LogP) is 3.55. The van der Waals surface area contributed by atoms with Crippen LogP contribution in [0.15, 0.2) is 47.5 Å². The first-order chi connectivity index (χ1) is 9.35. The minimum absolute atomic E-state index is 0.406. The number of rotatable bonds is 2. The van der Waals surface area contributed by atoms with Crippen molar-refractivity contribution in [3.05, 3.63) is 48.0 Å². The maximum atomic E-state index is 9.23. The second-order valence-corrected chi connectivity index (χ2v) is 6.06. The van der Waals surface area contributed by atoms with Crippen LogP contribution in [0.1, 0.15) is 11.6 Å². The van der Waals surface area contributed by atoms with Crippen LogP contribution in [-0.4, -0.2) is 11.1 Å². The summed E-state index contributed by atoms with van der Waals surface area (Å²) in [4.78, 5) is 0. The molecule has 2 aromatic rings. The second-order valence-electron chi connectivity index (χ2n) is 4.40. The molecule has 2 nitrogen and oxygen atoms in total. The number of hydrogen-bond donors (Lipinski definition) is 0. The number of pyridine rings is 1. The molecule has 3 rings (SSSR count). The lowest BCUT2D eigenvalue weighted by atomic mass is 10.1. The standard InChI is InChI=1S/C15H12BrN2S/c16-8-13-10-19-15-12(9-17)6-7-14(18(13)15)11-4-2-1-3-5-11/h1-7,13H,8,10H2/q+1/t13-/m1/s1. The van der Waals surface area contributed by atoms with E-state index < -0.39 is 0 Å². The molecule has 1 aromatic carbocycles. The number of nitrogens with zero attached hydrogens (tertiary/aromatic N) is 2. The SMILES string of the molecule is N#Cc1ccc(-c2ccccc2)[n+]2c1SC[C@H]2CBr. The van der Waals surface area contributed by atoms with Gasteiger partial charge in [0.2, 0.25) is 5.69 Å². The lowest BCUT2D eigenvalue weighted by Gasteiger charge is -2.08. The third-order valence-corrected chi connectivity index (χ3v) is 5.25. The fourth-order valence-electron chi connectivity index (χ4n) is 2.36. The van der Waals surface area contributed by atoms with Crippen LogP contribution in [0.2, 0.25) is 0 Å². The van der Waals surface area contributed by atoms with Crippen LogP contribution in [-0.2, 0) is 0 Å². The first kappa shape index (κ1) is 12.7.